The van der Waals surface area contributed by atoms with Crippen LogP contribution in [0, 0.1) is 15.9 Å². The number of unbranched alkanes of at least 4 members (excludes halogenated alkanes) is 1. The zero-order valence-electron chi connectivity index (χ0n) is 9.69. The summed E-state index contributed by atoms with van der Waals surface area (Å²) in [5, 5.41) is 13.2. The number of nitro groups is 1. The number of benzene rings is 1. The van der Waals surface area contributed by atoms with Gasteiger partial charge in [0.2, 0.25) is 0 Å². The lowest BCUT2D eigenvalue weighted by Gasteiger charge is -2.05. The topological polar surface area (TPSA) is 98.3 Å². The van der Waals surface area contributed by atoms with Crippen molar-refractivity contribution in [1.29, 1.82) is 0 Å². The zero-order chi connectivity index (χ0) is 13.5. The van der Waals surface area contributed by atoms with Crippen LogP contribution in [0.2, 0.25) is 0 Å². The fourth-order valence-corrected chi connectivity index (χ4v) is 1.41. The summed E-state index contributed by atoms with van der Waals surface area (Å²) in [5.41, 5.74) is 4.61. The minimum absolute atomic E-state index is 0.144. The molecule has 18 heavy (non-hydrogen) atoms. The number of nitrogens with zero attached hydrogens (tertiary/aromatic N) is 1. The van der Waals surface area contributed by atoms with Gasteiger partial charge in [0.1, 0.15) is 11.4 Å². The van der Waals surface area contributed by atoms with Crippen molar-refractivity contribution in [1.82, 2.24) is 5.32 Å². The number of rotatable bonds is 6. The molecule has 0 unspecified atom stereocenters. The second kappa shape index (κ2) is 6.65. The Bertz CT molecular complexity index is 451. The predicted octanol–water partition coefficient (Wildman–Crippen LogP) is 1.20. The molecule has 0 fully saturated rings. The first-order valence-electron chi connectivity index (χ1n) is 5.48. The van der Waals surface area contributed by atoms with Crippen molar-refractivity contribution in [3.8, 4) is 0 Å². The molecule has 0 bridgehead atoms. The second-order valence-electron chi connectivity index (χ2n) is 3.67. The quantitative estimate of drug-likeness (QED) is 0.453. The number of nitrogens with two attached hydrogens (primary N) is 1. The molecule has 3 N–H and O–H groups in total. The van der Waals surface area contributed by atoms with Crippen molar-refractivity contribution in [2.24, 2.45) is 5.73 Å². The van der Waals surface area contributed by atoms with E-state index in [2.05, 4.69) is 5.32 Å². The van der Waals surface area contributed by atoms with Crippen molar-refractivity contribution in [2.45, 2.75) is 12.8 Å². The summed E-state index contributed by atoms with van der Waals surface area (Å²) < 4.78 is 12.9. The molecule has 98 valence electrons. The van der Waals surface area contributed by atoms with Gasteiger partial charge in [0, 0.05) is 6.54 Å². The summed E-state index contributed by atoms with van der Waals surface area (Å²) in [6.07, 6.45) is 1.45. The van der Waals surface area contributed by atoms with Gasteiger partial charge in [-0.3, -0.25) is 14.9 Å². The first kappa shape index (κ1) is 14.0. The Morgan fingerprint density at radius 2 is 2.17 bits per heavy atom. The molecular weight excluding hydrogens is 241 g/mol. The second-order valence-corrected chi connectivity index (χ2v) is 3.67. The minimum Gasteiger partial charge on any atom is -0.352 e. The maximum absolute atomic E-state index is 12.9. The summed E-state index contributed by atoms with van der Waals surface area (Å²) in [5.74, 6) is -1.33. The molecule has 0 saturated carbocycles. The molecule has 0 aromatic heterocycles. The highest BCUT2D eigenvalue weighted by Crippen LogP contribution is 2.19. The lowest BCUT2D eigenvalue weighted by Crippen LogP contribution is -2.25. The van der Waals surface area contributed by atoms with Crippen LogP contribution in [-0.2, 0) is 0 Å². The molecule has 6 nitrogen and oxygen atoms in total. The summed E-state index contributed by atoms with van der Waals surface area (Å²) >= 11 is 0. The van der Waals surface area contributed by atoms with E-state index in [1.165, 1.54) is 0 Å². The molecule has 0 radical (unpaired) electrons. The molecule has 1 aromatic rings. The number of hydrogen-bond acceptors (Lipinski definition) is 4. The molecule has 1 amide bonds. The van der Waals surface area contributed by atoms with E-state index in [9.17, 15) is 19.3 Å². The molecule has 0 heterocycles. The summed E-state index contributed by atoms with van der Waals surface area (Å²) in [7, 11) is 0. The fourth-order valence-electron chi connectivity index (χ4n) is 1.41. The van der Waals surface area contributed by atoms with Gasteiger partial charge in [-0.25, -0.2) is 4.39 Å². The van der Waals surface area contributed by atoms with E-state index in [0.717, 1.165) is 24.6 Å². The molecule has 0 aliphatic heterocycles. The van der Waals surface area contributed by atoms with Crippen molar-refractivity contribution in [2.75, 3.05) is 13.1 Å². The van der Waals surface area contributed by atoms with Gasteiger partial charge in [-0.1, -0.05) is 0 Å². The Hall–Kier alpha value is -2.02. The van der Waals surface area contributed by atoms with Gasteiger partial charge in [0.05, 0.1) is 11.0 Å². The lowest BCUT2D eigenvalue weighted by atomic mass is 10.1. The van der Waals surface area contributed by atoms with Crippen molar-refractivity contribution in [3.63, 3.8) is 0 Å². The zero-order valence-corrected chi connectivity index (χ0v) is 9.69. The van der Waals surface area contributed by atoms with Gasteiger partial charge < -0.3 is 11.1 Å². The van der Waals surface area contributed by atoms with Crippen LogP contribution < -0.4 is 11.1 Å². The van der Waals surface area contributed by atoms with Crippen LogP contribution in [0.15, 0.2) is 18.2 Å². The first-order chi connectivity index (χ1) is 8.56. The number of carbonyl (C=O) groups is 1. The van der Waals surface area contributed by atoms with Gasteiger partial charge in [-0.2, -0.15) is 0 Å². The van der Waals surface area contributed by atoms with Gasteiger partial charge >= 0.3 is 0 Å². The van der Waals surface area contributed by atoms with Gasteiger partial charge in [-0.05, 0) is 31.5 Å². The summed E-state index contributed by atoms with van der Waals surface area (Å²) in [4.78, 5) is 21.6. The van der Waals surface area contributed by atoms with Gasteiger partial charge in [0.25, 0.3) is 11.6 Å². The van der Waals surface area contributed by atoms with Crippen molar-refractivity contribution in [3.05, 3.63) is 39.7 Å². The van der Waals surface area contributed by atoms with Crippen LogP contribution in [0.25, 0.3) is 0 Å². The monoisotopic (exact) mass is 255 g/mol. The standard InChI is InChI=1S/C11H14FN3O3/c12-8-3-4-9(10(7-8)15(17)18)11(16)14-6-2-1-5-13/h3-4,7H,1-2,5-6,13H2,(H,14,16). The average molecular weight is 255 g/mol. The van der Waals surface area contributed by atoms with Crippen molar-refractivity contribution < 1.29 is 14.1 Å². The average Bonchev–Trinajstić information content (AvgIpc) is 2.34. The highest BCUT2D eigenvalue weighted by Gasteiger charge is 2.20. The molecule has 0 spiro atoms. The van der Waals surface area contributed by atoms with E-state index in [0.29, 0.717) is 19.5 Å². The maximum atomic E-state index is 12.9. The van der Waals surface area contributed by atoms with Gasteiger partial charge in [0.15, 0.2) is 0 Å². The van der Waals surface area contributed by atoms with Crippen LogP contribution in [0.5, 0.6) is 0 Å². The number of amides is 1. The normalized spacial score (nSPS) is 10.1. The third kappa shape index (κ3) is 3.77. The van der Waals surface area contributed by atoms with Crippen LogP contribution in [0.4, 0.5) is 10.1 Å². The highest BCUT2D eigenvalue weighted by molar-refractivity contribution is 5.98. The molecule has 0 atom stereocenters. The lowest BCUT2D eigenvalue weighted by molar-refractivity contribution is -0.385. The van der Waals surface area contributed by atoms with E-state index >= 15 is 0 Å². The molecule has 0 aliphatic carbocycles. The molecule has 1 aromatic carbocycles. The number of nitro benzene ring substituents is 1. The highest BCUT2D eigenvalue weighted by atomic mass is 19.1. The smallest absolute Gasteiger partial charge is 0.285 e. The third-order valence-electron chi connectivity index (χ3n) is 2.32. The fraction of sp³-hybridized carbons (Fsp3) is 0.364. The first-order valence-corrected chi connectivity index (χ1v) is 5.48. The van der Waals surface area contributed by atoms with Crippen molar-refractivity contribution >= 4 is 11.6 Å². The Morgan fingerprint density at radius 3 is 2.78 bits per heavy atom. The third-order valence-corrected chi connectivity index (χ3v) is 2.32. The van der Waals surface area contributed by atoms with Gasteiger partial charge in [-0.15, -0.1) is 0 Å². The van der Waals surface area contributed by atoms with E-state index < -0.39 is 22.3 Å². The number of halogens is 1. The predicted molar refractivity (Wildman–Crippen MR) is 63.7 cm³/mol. The Kier molecular flexibility index (Phi) is 5.19. The van der Waals surface area contributed by atoms with Crippen LogP contribution in [0.3, 0.4) is 0 Å². The number of carbonyl (C=O) groups excluding carboxylic acids is 1. The summed E-state index contributed by atoms with van der Waals surface area (Å²) in [6.45, 7) is 0.900. The maximum Gasteiger partial charge on any atom is 0.285 e. The van der Waals surface area contributed by atoms with E-state index in [4.69, 9.17) is 5.73 Å². The number of hydrogen-bond donors (Lipinski definition) is 2. The Labute approximate surface area is 103 Å². The molecule has 1 rings (SSSR count). The summed E-state index contributed by atoms with van der Waals surface area (Å²) in [6, 6.07) is 2.85. The van der Waals surface area contributed by atoms with Crippen LogP contribution >= 0.6 is 0 Å². The Morgan fingerprint density at radius 1 is 1.44 bits per heavy atom. The van der Waals surface area contributed by atoms with Crippen LogP contribution in [-0.4, -0.2) is 23.9 Å². The minimum atomic E-state index is -0.780. The Balaban J connectivity index is 2.76. The van der Waals surface area contributed by atoms with E-state index in [1.807, 2.05) is 0 Å². The largest absolute Gasteiger partial charge is 0.352 e. The molecule has 0 aliphatic rings. The molecule has 0 saturated heterocycles. The molecule has 7 heteroatoms. The van der Waals surface area contributed by atoms with Crippen LogP contribution in [0.1, 0.15) is 23.2 Å². The van der Waals surface area contributed by atoms with E-state index in [1.54, 1.807) is 0 Å². The number of nitrogens with one attached hydrogen (secondary N) is 1. The SMILES string of the molecule is NCCCCNC(=O)c1ccc(F)cc1[N+](=O)[O-]. The molecular formula is C11H14FN3O3. The van der Waals surface area contributed by atoms with E-state index in [-0.39, 0.29) is 5.56 Å².